The largest absolute Gasteiger partial charge is 0.459 e. The fourth-order valence-corrected chi connectivity index (χ4v) is 2.51. The maximum Gasteiger partial charge on any atom is 0.340 e. The quantitative estimate of drug-likeness (QED) is 0.779. The van der Waals surface area contributed by atoms with Gasteiger partial charge in [-0.15, -0.1) is 0 Å². The second-order valence-corrected chi connectivity index (χ2v) is 5.23. The summed E-state index contributed by atoms with van der Waals surface area (Å²) in [5.74, 6) is -0.574. The van der Waals surface area contributed by atoms with Crippen LogP contribution in [0, 0.1) is 0 Å². The Kier molecular flexibility index (Phi) is 3.79. The van der Waals surface area contributed by atoms with Crippen LogP contribution < -0.4 is 0 Å². The average Bonchev–Trinajstić information content (AvgIpc) is 2.61. The van der Waals surface area contributed by atoms with E-state index in [1.807, 2.05) is 30.3 Å². The van der Waals surface area contributed by atoms with Crippen molar-refractivity contribution in [1.82, 2.24) is 0 Å². The van der Waals surface area contributed by atoms with Crippen molar-refractivity contribution < 1.29 is 22.1 Å². The zero-order valence-electron chi connectivity index (χ0n) is 10.1. The van der Waals surface area contributed by atoms with Gasteiger partial charge in [-0.1, -0.05) is 30.3 Å². The number of esters is 1. The smallest absolute Gasteiger partial charge is 0.340 e. The van der Waals surface area contributed by atoms with Gasteiger partial charge in [0.05, 0.1) is 0 Å². The van der Waals surface area contributed by atoms with Crippen molar-refractivity contribution in [1.29, 1.82) is 0 Å². The molecule has 0 aromatic heterocycles. The highest BCUT2D eigenvalue weighted by Gasteiger charge is 2.48. The van der Waals surface area contributed by atoms with Crippen LogP contribution in [0.4, 0.5) is 0 Å². The van der Waals surface area contributed by atoms with Crippen LogP contribution in [-0.2, 0) is 35.9 Å². The normalized spacial score (nSPS) is 25.9. The second kappa shape index (κ2) is 5.17. The second-order valence-electron chi connectivity index (χ2n) is 4.46. The van der Waals surface area contributed by atoms with E-state index in [1.54, 1.807) is 13.8 Å². The Labute approximate surface area is 108 Å². The van der Waals surface area contributed by atoms with Gasteiger partial charge in [-0.3, -0.25) is 4.18 Å². The van der Waals surface area contributed by atoms with E-state index in [1.165, 1.54) is 0 Å². The Hall–Kier alpha value is -1.24. The first kappa shape index (κ1) is 13.2. The highest BCUT2D eigenvalue weighted by molar-refractivity contribution is 7.75. The summed E-state index contributed by atoms with van der Waals surface area (Å²) < 4.78 is 26.1. The van der Waals surface area contributed by atoms with E-state index in [-0.39, 0.29) is 6.61 Å². The minimum Gasteiger partial charge on any atom is -0.459 e. The van der Waals surface area contributed by atoms with Crippen molar-refractivity contribution in [3.8, 4) is 0 Å². The minimum atomic E-state index is -1.89. The molecule has 0 saturated carbocycles. The van der Waals surface area contributed by atoms with Gasteiger partial charge in [0, 0.05) is 0 Å². The molecule has 1 fully saturated rings. The van der Waals surface area contributed by atoms with Gasteiger partial charge < -0.3 is 4.74 Å². The monoisotopic (exact) mass is 270 g/mol. The Morgan fingerprint density at radius 2 is 2.06 bits per heavy atom. The lowest BCUT2D eigenvalue weighted by molar-refractivity contribution is -0.157. The van der Waals surface area contributed by atoms with E-state index < -0.39 is 29.0 Å². The summed E-state index contributed by atoms with van der Waals surface area (Å²) in [6.07, 6.45) is -0.970. The van der Waals surface area contributed by atoms with Crippen molar-refractivity contribution in [3.63, 3.8) is 0 Å². The van der Waals surface area contributed by atoms with Gasteiger partial charge in [-0.05, 0) is 19.4 Å². The predicted molar refractivity (Wildman–Crippen MR) is 64.4 cm³/mol. The summed E-state index contributed by atoms with van der Waals surface area (Å²) in [5.41, 5.74) is -0.0674. The third-order valence-electron chi connectivity index (χ3n) is 2.53. The van der Waals surface area contributed by atoms with Gasteiger partial charge in [0.15, 0.2) is 0 Å². The molecule has 1 aliphatic rings. The highest BCUT2D eigenvalue weighted by Crippen LogP contribution is 2.29. The molecule has 0 bridgehead atoms. The van der Waals surface area contributed by atoms with Crippen LogP contribution in [0.5, 0.6) is 0 Å². The standard InChI is InChI=1S/C12H14O5S/c1-12(2)10(16-18(14)17-12)11(13)15-8-9-6-4-3-5-7-9/h3-7,10H,8H2,1-2H3/t10-,18?/m1/s1. The zero-order chi connectivity index (χ0) is 13.2. The number of hydrogen-bond acceptors (Lipinski definition) is 5. The first-order valence-corrected chi connectivity index (χ1v) is 6.48. The van der Waals surface area contributed by atoms with Gasteiger partial charge in [0.1, 0.15) is 12.2 Å². The first-order valence-electron chi connectivity index (χ1n) is 5.48. The van der Waals surface area contributed by atoms with E-state index in [0.717, 1.165) is 5.56 Å². The van der Waals surface area contributed by atoms with Crippen molar-refractivity contribution in [2.24, 2.45) is 0 Å². The van der Waals surface area contributed by atoms with Crippen LogP contribution in [0.25, 0.3) is 0 Å². The molecular formula is C12H14O5S. The van der Waals surface area contributed by atoms with E-state index in [4.69, 9.17) is 13.1 Å². The summed E-state index contributed by atoms with van der Waals surface area (Å²) in [6.45, 7) is 3.42. The topological polar surface area (TPSA) is 61.8 Å². The van der Waals surface area contributed by atoms with Crippen molar-refractivity contribution >= 4 is 17.3 Å². The maximum absolute atomic E-state index is 11.8. The average molecular weight is 270 g/mol. The molecule has 1 aromatic carbocycles. The molecule has 18 heavy (non-hydrogen) atoms. The number of hydrogen-bond donors (Lipinski definition) is 0. The number of carbonyl (C=O) groups is 1. The molecule has 5 nitrogen and oxygen atoms in total. The van der Waals surface area contributed by atoms with E-state index in [0.29, 0.717) is 0 Å². The van der Waals surface area contributed by atoms with Gasteiger partial charge in [0.25, 0.3) is 0 Å². The number of benzene rings is 1. The minimum absolute atomic E-state index is 0.155. The third-order valence-corrected chi connectivity index (χ3v) is 3.44. The van der Waals surface area contributed by atoms with Crippen molar-refractivity contribution in [2.75, 3.05) is 0 Å². The molecule has 0 radical (unpaired) electrons. The van der Waals surface area contributed by atoms with Crippen molar-refractivity contribution in [3.05, 3.63) is 35.9 Å². The number of ether oxygens (including phenoxy) is 1. The lowest BCUT2D eigenvalue weighted by atomic mass is 10.0. The third kappa shape index (κ3) is 2.95. The summed E-state index contributed by atoms with van der Waals surface area (Å²) >= 11 is -1.89. The lowest BCUT2D eigenvalue weighted by Gasteiger charge is -2.19. The van der Waals surface area contributed by atoms with E-state index in [9.17, 15) is 9.00 Å². The molecule has 0 spiro atoms. The van der Waals surface area contributed by atoms with Crippen LogP contribution in [-0.4, -0.2) is 21.9 Å². The van der Waals surface area contributed by atoms with E-state index in [2.05, 4.69) is 0 Å². The molecule has 1 unspecified atom stereocenters. The van der Waals surface area contributed by atoms with Crippen LogP contribution in [0.1, 0.15) is 19.4 Å². The summed E-state index contributed by atoms with van der Waals surface area (Å²) in [7, 11) is 0. The molecule has 1 heterocycles. The predicted octanol–water partition coefficient (Wildman–Crippen LogP) is 1.50. The first-order chi connectivity index (χ1) is 8.49. The Morgan fingerprint density at radius 3 is 2.61 bits per heavy atom. The van der Waals surface area contributed by atoms with Crippen LogP contribution >= 0.6 is 0 Å². The Balaban J connectivity index is 1.95. The molecule has 0 aliphatic carbocycles. The molecule has 1 aromatic rings. The maximum atomic E-state index is 11.8. The number of rotatable bonds is 3. The molecule has 0 N–H and O–H groups in total. The van der Waals surface area contributed by atoms with Gasteiger partial charge >= 0.3 is 17.3 Å². The lowest BCUT2D eigenvalue weighted by Crippen LogP contribution is -2.40. The molecule has 0 amide bonds. The van der Waals surface area contributed by atoms with Crippen LogP contribution in [0.15, 0.2) is 30.3 Å². The SMILES string of the molecule is CC1(C)OS(=O)O[C@@H]1C(=O)OCc1ccccc1. The molecular weight excluding hydrogens is 256 g/mol. The van der Waals surface area contributed by atoms with Gasteiger partial charge in [0.2, 0.25) is 6.10 Å². The summed E-state index contributed by atoms with van der Waals surface area (Å²) in [4.78, 5) is 11.8. The molecule has 6 heteroatoms. The highest BCUT2D eigenvalue weighted by atomic mass is 32.2. The summed E-state index contributed by atoms with van der Waals surface area (Å²) in [5, 5.41) is 0. The summed E-state index contributed by atoms with van der Waals surface area (Å²) in [6, 6.07) is 9.30. The zero-order valence-corrected chi connectivity index (χ0v) is 10.9. The van der Waals surface area contributed by atoms with Crippen LogP contribution in [0.2, 0.25) is 0 Å². The molecule has 98 valence electrons. The Morgan fingerprint density at radius 1 is 1.39 bits per heavy atom. The molecule has 2 atom stereocenters. The number of carbonyl (C=O) groups excluding carboxylic acids is 1. The molecule has 1 aliphatic heterocycles. The van der Waals surface area contributed by atoms with Gasteiger partial charge in [-0.25, -0.2) is 8.98 Å². The van der Waals surface area contributed by atoms with Crippen molar-refractivity contribution in [2.45, 2.75) is 32.2 Å². The fourth-order valence-electron chi connectivity index (χ4n) is 1.56. The molecule has 2 rings (SSSR count). The molecule has 1 saturated heterocycles. The van der Waals surface area contributed by atoms with E-state index >= 15 is 0 Å². The Bertz CT molecular complexity index is 457. The fraction of sp³-hybridized carbons (Fsp3) is 0.417. The van der Waals surface area contributed by atoms with Crippen LogP contribution in [0.3, 0.4) is 0 Å². The van der Waals surface area contributed by atoms with Gasteiger partial charge in [-0.2, -0.15) is 4.21 Å².